The molecular weight excluding hydrogens is 323 g/mol. The average Bonchev–Trinajstić information content (AvgIpc) is 2.99. The lowest BCUT2D eigenvalue weighted by Crippen LogP contribution is -2.37. The molecule has 0 bridgehead atoms. The Morgan fingerprint density at radius 2 is 2.00 bits per heavy atom. The van der Waals surface area contributed by atoms with Gasteiger partial charge in [-0.25, -0.2) is 4.79 Å². The molecule has 2 unspecified atom stereocenters. The smallest absolute Gasteiger partial charge is 0.341 e. The molecule has 118 valence electrons. The third-order valence-corrected chi connectivity index (χ3v) is 5.40. The van der Waals surface area contributed by atoms with Crippen LogP contribution < -0.4 is 0 Å². The standard InChI is InChI=1S/C15H17O5PS/c1-2-15(14(16)17,13-8-9-22-11-13)20-21(18,19)10-12-6-4-3-5-7-12/h3-9,11H,2,10H2,1H3,(H,16,17)(H,18,19). The molecule has 1 aromatic heterocycles. The van der Waals surface area contributed by atoms with Crippen molar-refractivity contribution in [3.05, 3.63) is 58.3 Å². The molecule has 2 atom stereocenters. The molecule has 22 heavy (non-hydrogen) atoms. The average molecular weight is 340 g/mol. The van der Waals surface area contributed by atoms with Crippen LogP contribution >= 0.6 is 18.9 Å². The Bertz CT molecular complexity index is 671. The summed E-state index contributed by atoms with van der Waals surface area (Å²) in [5, 5.41) is 12.9. The number of carboxylic acids is 1. The van der Waals surface area contributed by atoms with E-state index in [-0.39, 0.29) is 12.6 Å². The van der Waals surface area contributed by atoms with Gasteiger partial charge in [-0.3, -0.25) is 9.09 Å². The van der Waals surface area contributed by atoms with Crippen molar-refractivity contribution in [3.63, 3.8) is 0 Å². The van der Waals surface area contributed by atoms with Crippen molar-refractivity contribution in [2.24, 2.45) is 0 Å². The Balaban J connectivity index is 2.31. The summed E-state index contributed by atoms with van der Waals surface area (Å²) in [7, 11) is -4.12. The Kier molecular flexibility index (Phi) is 5.19. The summed E-state index contributed by atoms with van der Waals surface area (Å²) in [5.74, 6) is -1.27. The van der Waals surface area contributed by atoms with Crippen molar-refractivity contribution in [1.82, 2.24) is 0 Å². The lowest BCUT2D eigenvalue weighted by atomic mass is 9.94. The summed E-state index contributed by atoms with van der Waals surface area (Å²) in [6.45, 7) is 1.62. The Hall–Kier alpha value is -1.46. The lowest BCUT2D eigenvalue weighted by Gasteiger charge is -2.30. The first kappa shape index (κ1) is 16.9. The number of carbonyl (C=O) groups is 1. The molecule has 0 amide bonds. The van der Waals surface area contributed by atoms with Crippen LogP contribution in [0.3, 0.4) is 0 Å². The normalized spacial score (nSPS) is 16.6. The monoisotopic (exact) mass is 340 g/mol. The maximum atomic E-state index is 12.4. The summed E-state index contributed by atoms with van der Waals surface area (Å²) in [5.41, 5.74) is -0.803. The van der Waals surface area contributed by atoms with Gasteiger partial charge in [-0.2, -0.15) is 11.3 Å². The fourth-order valence-electron chi connectivity index (χ4n) is 2.22. The van der Waals surface area contributed by atoms with E-state index in [0.29, 0.717) is 11.1 Å². The lowest BCUT2D eigenvalue weighted by molar-refractivity contribution is -0.157. The van der Waals surface area contributed by atoms with Crippen molar-refractivity contribution < 1.29 is 23.9 Å². The number of benzene rings is 1. The predicted octanol–water partition coefficient (Wildman–Crippen LogP) is 3.84. The summed E-state index contributed by atoms with van der Waals surface area (Å²) in [4.78, 5) is 21.9. The third-order valence-electron chi connectivity index (χ3n) is 3.35. The number of carboxylic acid groups (broad SMARTS) is 1. The van der Waals surface area contributed by atoms with Gasteiger partial charge < -0.3 is 10.00 Å². The van der Waals surface area contributed by atoms with Gasteiger partial charge in [0, 0.05) is 5.56 Å². The van der Waals surface area contributed by atoms with Gasteiger partial charge in [0.15, 0.2) is 5.60 Å². The third kappa shape index (κ3) is 3.65. The van der Waals surface area contributed by atoms with E-state index in [1.807, 2.05) is 0 Å². The van der Waals surface area contributed by atoms with Crippen LogP contribution in [0.15, 0.2) is 47.2 Å². The van der Waals surface area contributed by atoms with Gasteiger partial charge in [0.2, 0.25) is 0 Å². The summed E-state index contributed by atoms with van der Waals surface area (Å²) >= 11 is 1.31. The van der Waals surface area contributed by atoms with Crippen molar-refractivity contribution in [2.75, 3.05) is 0 Å². The minimum absolute atomic E-state index is 0.0540. The fourth-order valence-corrected chi connectivity index (χ4v) is 4.48. The van der Waals surface area contributed by atoms with Gasteiger partial charge in [0.05, 0.1) is 6.16 Å². The number of hydrogen-bond acceptors (Lipinski definition) is 4. The molecule has 5 nitrogen and oxygen atoms in total. The van der Waals surface area contributed by atoms with Crippen molar-refractivity contribution in [2.45, 2.75) is 25.1 Å². The molecule has 2 aromatic rings. The molecule has 0 saturated carbocycles. The highest BCUT2D eigenvalue weighted by Crippen LogP contribution is 2.53. The van der Waals surface area contributed by atoms with E-state index in [1.165, 1.54) is 11.3 Å². The van der Waals surface area contributed by atoms with Crippen LogP contribution in [0.4, 0.5) is 0 Å². The number of thiophene rings is 1. The molecule has 0 spiro atoms. The molecular formula is C15H17O5PS. The number of hydrogen-bond donors (Lipinski definition) is 2. The maximum absolute atomic E-state index is 12.4. The molecule has 2 rings (SSSR count). The van der Waals surface area contributed by atoms with Gasteiger partial charge in [0.25, 0.3) is 0 Å². The number of rotatable bonds is 7. The van der Waals surface area contributed by atoms with Gasteiger partial charge in [0.1, 0.15) is 0 Å². The molecule has 0 saturated heterocycles. The van der Waals surface area contributed by atoms with Crippen molar-refractivity contribution in [1.29, 1.82) is 0 Å². The fraction of sp³-hybridized carbons (Fsp3) is 0.267. The van der Waals surface area contributed by atoms with Gasteiger partial charge in [-0.05, 0) is 28.8 Å². The predicted molar refractivity (Wildman–Crippen MR) is 85.0 cm³/mol. The molecule has 1 heterocycles. The second-order valence-corrected chi connectivity index (χ2v) is 7.42. The van der Waals surface area contributed by atoms with E-state index < -0.39 is 19.2 Å². The zero-order valence-electron chi connectivity index (χ0n) is 12.0. The quantitative estimate of drug-likeness (QED) is 0.748. The van der Waals surface area contributed by atoms with Crippen LogP contribution in [0.2, 0.25) is 0 Å². The Morgan fingerprint density at radius 3 is 2.50 bits per heavy atom. The summed E-state index contributed by atoms with van der Waals surface area (Å²) < 4.78 is 17.7. The second kappa shape index (κ2) is 6.75. The molecule has 7 heteroatoms. The largest absolute Gasteiger partial charge is 0.479 e. The van der Waals surface area contributed by atoms with E-state index in [0.717, 1.165) is 0 Å². The van der Waals surface area contributed by atoms with Crippen molar-refractivity contribution in [3.8, 4) is 0 Å². The molecule has 2 N–H and O–H groups in total. The first-order chi connectivity index (χ1) is 10.4. The van der Waals surface area contributed by atoms with E-state index >= 15 is 0 Å². The first-order valence-corrected chi connectivity index (χ1v) is 9.43. The van der Waals surface area contributed by atoms with Crippen LogP contribution in [-0.4, -0.2) is 16.0 Å². The molecule has 0 aliphatic rings. The van der Waals surface area contributed by atoms with Crippen LogP contribution in [0.1, 0.15) is 24.5 Å². The van der Waals surface area contributed by atoms with Crippen LogP contribution in [-0.2, 0) is 25.6 Å². The zero-order chi connectivity index (χ0) is 16.2. The van der Waals surface area contributed by atoms with E-state index in [9.17, 15) is 19.4 Å². The van der Waals surface area contributed by atoms with Crippen LogP contribution in [0.5, 0.6) is 0 Å². The van der Waals surface area contributed by atoms with E-state index in [1.54, 1.807) is 54.1 Å². The first-order valence-electron chi connectivity index (χ1n) is 6.72. The minimum atomic E-state index is -4.12. The molecule has 0 aliphatic heterocycles. The Morgan fingerprint density at radius 1 is 1.32 bits per heavy atom. The Labute approximate surface area is 132 Å². The van der Waals surface area contributed by atoms with Gasteiger partial charge >= 0.3 is 13.6 Å². The maximum Gasteiger partial charge on any atom is 0.341 e. The SMILES string of the molecule is CCC(OP(=O)(O)Cc1ccccc1)(C(=O)O)c1ccsc1. The molecule has 0 radical (unpaired) electrons. The summed E-state index contributed by atoms with van der Waals surface area (Å²) in [6.07, 6.45) is -0.175. The number of aliphatic carboxylic acids is 1. The van der Waals surface area contributed by atoms with Crippen LogP contribution in [0, 0.1) is 0 Å². The molecule has 0 aliphatic carbocycles. The second-order valence-electron chi connectivity index (χ2n) is 4.87. The summed E-state index contributed by atoms with van der Waals surface area (Å²) in [6, 6.07) is 10.3. The molecule has 1 aromatic carbocycles. The van der Waals surface area contributed by atoms with Crippen LogP contribution in [0.25, 0.3) is 0 Å². The van der Waals surface area contributed by atoms with E-state index in [2.05, 4.69) is 0 Å². The van der Waals surface area contributed by atoms with Gasteiger partial charge in [-0.1, -0.05) is 37.3 Å². The highest BCUT2D eigenvalue weighted by Gasteiger charge is 2.45. The topological polar surface area (TPSA) is 83.8 Å². The van der Waals surface area contributed by atoms with Crippen molar-refractivity contribution >= 4 is 24.9 Å². The van der Waals surface area contributed by atoms with Gasteiger partial charge in [-0.15, -0.1) is 0 Å². The van der Waals surface area contributed by atoms with E-state index in [4.69, 9.17) is 4.52 Å². The molecule has 0 fully saturated rings. The highest BCUT2D eigenvalue weighted by molar-refractivity contribution is 7.52. The minimum Gasteiger partial charge on any atom is -0.479 e. The highest BCUT2D eigenvalue weighted by atomic mass is 32.1. The zero-order valence-corrected chi connectivity index (χ0v) is 13.7.